The largest absolute Gasteiger partial charge is 0.480 e. The molecule has 0 spiro atoms. The van der Waals surface area contributed by atoms with E-state index in [1.54, 1.807) is 6.20 Å². The van der Waals surface area contributed by atoms with Crippen molar-refractivity contribution in [3.8, 4) is 10.7 Å². The topological polar surface area (TPSA) is 100 Å². The maximum absolute atomic E-state index is 10.8. The van der Waals surface area contributed by atoms with Crippen LogP contribution in [0.25, 0.3) is 10.7 Å². The van der Waals surface area contributed by atoms with E-state index in [0.717, 1.165) is 39.3 Å². The third-order valence-electron chi connectivity index (χ3n) is 5.07. The SMILES string of the molecule is O=C(O)Cn1nnc(-c2cnc(N3C[C@@H]4C[C@H]3CN4c3cccc(Cl)c3)s2)n1.S.S. The van der Waals surface area contributed by atoms with Gasteiger partial charge in [-0.25, -0.2) is 4.98 Å². The second kappa shape index (κ2) is 9.00. The van der Waals surface area contributed by atoms with Gasteiger partial charge in [0.25, 0.3) is 0 Å². The zero-order valence-electron chi connectivity index (χ0n) is 15.6. The lowest BCUT2D eigenvalue weighted by atomic mass is 10.2. The average molecular weight is 486 g/mol. The van der Waals surface area contributed by atoms with Gasteiger partial charge in [-0.05, 0) is 29.8 Å². The number of fused-ring (bicyclic) bond motifs is 2. The van der Waals surface area contributed by atoms with E-state index in [2.05, 4.69) is 36.3 Å². The van der Waals surface area contributed by atoms with E-state index < -0.39 is 5.97 Å². The Morgan fingerprint density at radius 1 is 1.23 bits per heavy atom. The molecule has 0 unspecified atom stereocenters. The molecule has 2 fully saturated rings. The molecule has 0 amide bonds. The van der Waals surface area contributed by atoms with Gasteiger partial charge in [-0.15, -0.1) is 10.2 Å². The Morgan fingerprint density at radius 2 is 2.00 bits per heavy atom. The van der Waals surface area contributed by atoms with Crippen LogP contribution < -0.4 is 9.80 Å². The summed E-state index contributed by atoms with van der Waals surface area (Å²) >= 11 is 7.65. The summed E-state index contributed by atoms with van der Waals surface area (Å²) in [6.07, 6.45) is 2.82. The molecule has 2 bridgehead atoms. The van der Waals surface area contributed by atoms with Crippen LogP contribution >= 0.6 is 49.9 Å². The minimum Gasteiger partial charge on any atom is -0.480 e. The number of benzene rings is 1. The van der Waals surface area contributed by atoms with Gasteiger partial charge in [-0.3, -0.25) is 4.79 Å². The maximum atomic E-state index is 10.8. The number of thiazole rings is 1. The molecule has 2 aromatic heterocycles. The van der Waals surface area contributed by atoms with Crippen LogP contribution in [0.15, 0.2) is 30.5 Å². The normalized spacial score (nSPS) is 19.5. The van der Waals surface area contributed by atoms with Gasteiger partial charge in [-0.1, -0.05) is 29.0 Å². The summed E-state index contributed by atoms with van der Waals surface area (Å²) in [5.41, 5.74) is 1.17. The summed E-state index contributed by atoms with van der Waals surface area (Å²) in [6, 6.07) is 8.83. The van der Waals surface area contributed by atoms with Crippen LogP contribution in [0.2, 0.25) is 5.02 Å². The molecule has 30 heavy (non-hydrogen) atoms. The van der Waals surface area contributed by atoms with Crippen molar-refractivity contribution in [2.24, 2.45) is 0 Å². The van der Waals surface area contributed by atoms with Crippen molar-refractivity contribution in [1.29, 1.82) is 0 Å². The van der Waals surface area contributed by atoms with Crippen LogP contribution in [0.5, 0.6) is 0 Å². The number of aliphatic carboxylic acids is 1. The molecule has 160 valence electrons. The number of anilines is 2. The summed E-state index contributed by atoms with van der Waals surface area (Å²) in [5, 5.41) is 22.3. The predicted octanol–water partition coefficient (Wildman–Crippen LogP) is 2.23. The highest BCUT2D eigenvalue weighted by atomic mass is 35.5. The van der Waals surface area contributed by atoms with Gasteiger partial charge in [0, 0.05) is 29.8 Å². The molecular formula is C17H20ClN7O2S3. The summed E-state index contributed by atoms with van der Waals surface area (Å²) in [7, 11) is 0. The molecule has 1 aromatic carbocycles. The third-order valence-corrected chi connectivity index (χ3v) is 6.34. The van der Waals surface area contributed by atoms with E-state index >= 15 is 0 Å². The van der Waals surface area contributed by atoms with Gasteiger partial charge in [0.05, 0.1) is 17.1 Å². The highest BCUT2D eigenvalue weighted by Gasteiger charge is 2.44. The van der Waals surface area contributed by atoms with Gasteiger partial charge in [0.2, 0.25) is 5.82 Å². The van der Waals surface area contributed by atoms with Gasteiger partial charge >= 0.3 is 5.97 Å². The van der Waals surface area contributed by atoms with E-state index in [9.17, 15) is 4.79 Å². The lowest BCUT2D eigenvalue weighted by Crippen LogP contribution is -2.46. The highest BCUT2D eigenvalue weighted by molar-refractivity contribution is 7.59. The van der Waals surface area contributed by atoms with Crippen molar-refractivity contribution in [1.82, 2.24) is 25.2 Å². The Balaban J connectivity index is 0.00000128. The van der Waals surface area contributed by atoms with E-state index in [-0.39, 0.29) is 33.5 Å². The fraction of sp³-hybridized carbons (Fsp3) is 0.353. The summed E-state index contributed by atoms with van der Waals surface area (Å²) in [6.45, 7) is 1.53. The number of aromatic nitrogens is 5. The fourth-order valence-electron chi connectivity index (χ4n) is 3.90. The van der Waals surface area contributed by atoms with Gasteiger partial charge in [0.15, 0.2) is 11.7 Å². The average Bonchev–Trinajstić information content (AvgIpc) is 3.43. The number of nitrogens with zero attached hydrogens (tertiary/aromatic N) is 7. The molecule has 2 aliphatic heterocycles. The third kappa shape index (κ3) is 4.22. The zero-order valence-corrected chi connectivity index (χ0v) is 19.2. The number of carboxylic acid groups (broad SMARTS) is 1. The van der Waals surface area contributed by atoms with Crippen molar-refractivity contribution < 1.29 is 9.90 Å². The first-order valence-electron chi connectivity index (χ1n) is 8.81. The molecule has 2 aliphatic rings. The van der Waals surface area contributed by atoms with Crippen molar-refractivity contribution in [3.05, 3.63) is 35.5 Å². The van der Waals surface area contributed by atoms with E-state index in [0.29, 0.717) is 17.9 Å². The Labute approximate surface area is 195 Å². The number of halogens is 1. The number of carboxylic acids is 1. The molecule has 9 nitrogen and oxygen atoms in total. The standard InChI is InChI=1S/C17H16ClN7O2S.2H2S/c18-10-2-1-3-11(4-10)23-7-13-5-12(23)8-24(13)17-19-6-14(28-17)16-20-22-25(21-16)9-15(26)27;;/h1-4,6,12-13H,5,7-9H2,(H,26,27);2*1H2/t12-,13-;;/m0../s1. The van der Waals surface area contributed by atoms with Crippen molar-refractivity contribution in [3.63, 3.8) is 0 Å². The lowest BCUT2D eigenvalue weighted by molar-refractivity contribution is -0.138. The first kappa shape index (κ1) is 22.7. The van der Waals surface area contributed by atoms with Crippen LogP contribution in [-0.2, 0) is 11.3 Å². The Kier molecular flexibility index (Phi) is 6.80. The molecule has 5 rings (SSSR count). The number of carbonyl (C=O) groups is 1. The maximum Gasteiger partial charge on any atom is 0.327 e. The number of piperazine rings is 1. The van der Waals surface area contributed by atoms with E-state index in [1.165, 1.54) is 17.0 Å². The second-order valence-corrected chi connectivity index (χ2v) is 8.32. The Morgan fingerprint density at radius 3 is 2.70 bits per heavy atom. The summed E-state index contributed by atoms with van der Waals surface area (Å²) in [5.74, 6) is -0.610. The second-order valence-electron chi connectivity index (χ2n) is 6.87. The van der Waals surface area contributed by atoms with Gasteiger partial charge in [-0.2, -0.15) is 31.8 Å². The molecule has 4 heterocycles. The van der Waals surface area contributed by atoms with Crippen molar-refractivity contribution in [2.45, 2.75) is 25.0 Å². The summed E-state index contributed by atoms with van der Waals surface area (Å²) < 4.78 is 0. The zero-order chi connectivity index (χ0) is 19.3. The molecule has 0 saturated carbocycles. The van der Waals surface area contributed by atoms with Crippen molar-refractivity contribution in [2.75, 3.05) is 22.9 Å². The molecule has 3 aromatic rings. The van der Waals surface area contributed by atoms with Crippen LogP contribution in [0.4, 0.5) is 10.8 Å². The molecule has 2 atom stereocenters. The summed E-state index contributed by atoms with van der Waals surface area (Å²) in [4.78, 5) is 21.9. The number of rotatable bonds is 5. The lowest BCUT2D eigenvalue weighted by Gasteiger charge is -2.35. The van der Waals surface area contributed by atoms with E-state index in [1.807, 2.05) is 18.2 Å². The van der Waals surface area contributed by atoms with Crippen LogP contribution in [0.1, 0.15) is 6.42 Å². The first-order valence-corrected chi connectivity index (χ1v) is 10.0. The molecule has 0 radical (unpaired) electrons. The molecule has 1 N–H and O–H groups in total. The minimum absolute atomic E-state index is 0. The number of hydrogen-bond donors (Lipinski definition) is 1. The molecular weight excluding hydrogens is 466 g/mol. The fourth-order valence-corrected chi connectivity index (χ4v) is 5.01. The highest BCUT2D eigenvalue weighted by Crippen LogP contribution is 2.40. The Bertz CT molecular complexity index is 1050. The number of tetrazole rings is 1. The predicted molar refractivity (Wildman–Crippen MR) is 126 cm³/mol. The van der Waals surface area contributed by atoms with Crippen LogP contribution in [0.3, 0.4) is 0 Å². The molecule has 0 aliphatic carbocycles. The van der Waals surface area contributed by atoms with Crippen LogP contribution in [0, 0.1) is 0 Å². The first-order chi connectivity index (χ1) is 13.6. The molecule has 13 heteroatoms. The van der Waals surface area contributed by atoms with Crippen molar-refractivity contribution >= 4 is 66.7 Å². The van der Waals surface area contributed by atoms with Gasteiger partial charge in [0.1, 0.15) is 0 Å². The molecule has 2 saturated heterocycles. The van der Waals surface area contributed by atoms with E-state index in [4.69, 9.17) is 16.7 Å². The van der Waals surface area contributed by atoms with Crippen LogP contribution in [-0.4, -0.2) is 61.4 Å². The monoisotopic (exact) mass is 485 g/mol. The Hall–Kier alpha value is -2.02. The smallest absolute Gasteiger partial charge is 0.327 e. The minimum atomic E-state index is -1.01. The number of hydrogen-bond acceptors (Lipinski definition) is 8. The van der Waals surface area contributed by atoms with Gasteiger partial charge < -0.3 is 14.9 Å². The quantitative estimate of drug-likeness (QED) is 0.587.